The van der Waals surface area contributed by atoms with Crippen LogP contribution in [0.5, 0.6) is 34.5 Å². The maximum Gasteiger partial charge on any atom is 0.349 e. The monoisotopic (exact) mass is 1300 g/mol. The van der Waals surface area contributed by atoms with Crippen molar-refractivity contribution in [3.63, 3.8) is 0 Å². The molecule has 8 rings (SSSR count). The number of hydrogen-bond donors (Lipinski definition) is 4. The van der Waals surface area contributed by atoms with Gasteiger partial charge in [-0.25, -0.2) is 48.8 Å². The van der Waals surface area contributed by atoms with Gasteiger partial charge in [-0.1, -0.05) is 46.4 Å². The highest BCUT2D eigenvalue weighted by Gasteiger charge is 2.54. The smallest absolute Gasteiger partial charge is 0.349 e. The van der Waals surface area contributed by atoms with E-state index in [0.717, 1.165) is 56.3 Å². The summed E-state index contributed by atoms with van der Waals surface area (Å²) in [6.07, 6.45) is -4.43. The molecule has 4 N–H and O–H groups in total. The van der Waals surface area contributed by atoms with Gasteiger partial charge in [-0.2, -0.15) is 24.3 Å². The molecule has 24 nitrogen and oxygen atoms in total. The first-order chi connectivity index (χ1) is 37.5. The molecule has 438 valence electrons. The van der Waals surface area contributed by atoms with E-state index in [9.17, 15) is 63.2 Å². The standard InChI is InChI=1S/C22H18Cl2F2N4O8S.C17H10Cl3F2N3O6S.C5H8ClNO2.FH/c1-36-14-4-3-11(9-15(14)39(34,35)29-22(5-6-22)20(32)37-2)38-17-12(23)7-10(8-13(17)24)30-21(33)27-19(31)16(28-30)18(25)26;1-30-11-3-2-8(6-12(11)32(20,28)29)31-14-9(18)4-7(5-10(14)19)25-17(27)23-16(26)13(24-25)15(21)22;1-9-4(8)5(7-6)2-3-5;/h3-4,7-9,18,29H,5-6H2,1-2H3,(H,27,31,33);2-6,15H,1H3,(H,23,26,27);7H,2-3H2,1H3;1H. The number of rotatable bonds is 17. The number of ether oxygens (including phenoxy) is 6. The van der Waals surface area contributed by atoms with E-state index in [2.05, 4.69) is 29.2 Å². The number of methoxy groups -OCH3 is 4. The zero-order chi connectivity index (χ0) is 59.4. The van der Waals surface area contributed by atoms with E-state index in [1.54, 1.807) is 9.97 Å². The number of aromatic amines is 2. The van der Waals surface area contributed by atoms with E-state index >= 15 is 0 Å². The van der Waals surface area contributed by atoms with Crippen molar-refractivity contribution in [2.75, 3.05) is 28.4 Å². The molecule has 37 heteroatoms. The summed E-state index contributed by atoms with van der Waals surface area (Å²) in [6, 6.07) is 11.9. The van der Waals surface area contributed by atoms with Gasteiger partial charge in [-0.15, -0.1) is 0 Å². The van der Waals surface area contributed by atoms with E-state index < -0.39 is 82.9 Å². The normalized spacial score (nSPS) is 13.8. The lowest BCUT2D eigenvalue weighted by Gasteiger charge is -2.18. The Labute approximate surface area is 480 Å². The number of H-pyrrole nitrogens is 2. The predicted molar refractivity (Wildman–Crippen MR) is 280 cm³/mol. The minimum atomic E-state index is -4.31. The molecule has 0 bridgehead atoms. The van der Waals surface area contributed by atoms with E-state index in [1.807, 2.05) is 0 Å². The Hall–Kier alpha value is -6.55. The second kappa shape index (κ2) is 26.1. The van der Waals surface area contributed by atoms with E-state index in [0.29, 0.717) is 9.36 Å². The maximum atomic E-state index is 13.1. The number of esters is 2. The molecule has 0 spiro atoms. The number of aromatic nitrogens is 6. The molecule has 6 aromatic rings. The molecule has 81 heavy (non-hydrogen) atoms. The molecule has 2 heterocycles. The van der Waals surface area contributed by atoms with Gasteiger partial charge in [0.2, 0.25) is 10.0 Å². The summed E-state index contributed by atoms with van der Waals surface area (Å²) in [7, 11) is 1.91. The third kappa shape index (κ3) is 14.9. The lowest BCUT2D eigenvalue weighted by Crippen LogP contribution is -2.43. The highest BCUT2D eigenvalue weighted by Crippen LogP contribution is 2.43. The topological polar surface area (TPSA) is 317 Å². The van der Waals surface area contributed by atoms with Gasteiger partial charge in [0.25, 0.3) is 33.0 Å². The Morgan fingerprint density at radius 3 is 1.28 bits per heavy atom. The molecular formula is C44H37Cl6F5N8O16S2. The van der Waals surface area contributed by atoms with Crippen LogP contribution in [0.1, 0.15) is 49.9 Å². The molecule has 2 saturated carbocycles. The van der Waals surface area contributed by atoms with Crippen molar-refractivity contribution in [1.82, 2.24) is 39.1 Å². The molecule has 0 saturated heterocycles. The first-order valence-corrected chi connectivity index (χ1v) is 27.4. The largest absolute Gasteiger partial charge is 0.495 e. The molecule has 2 aliphatic carbocycles. The van der Waals surface area contributed by atoms with Crippen LogP contribution in [0.25, 0.3) is 11.4 Å². The van der Waals surface area contributed by atoms with E-state index in [4.69, 9.17) is 87.8 Å². The summed E-state index contributed by atoms with van der Waals surface area (Å²) < 4.78 is 136. The van der Waals surface area contributed by atoms with Crippen molar-refractivity contribution < 1.29 is 77.1 Å². The fourth-order valence-corrected chi connectivity index (χ4v) is 10.7. The molecule has 4 aromatic carbocycles. The Morgan fingerprint density at radius 2 is 0.975 bits per heavy atom. The van der Waals surface area contributed by atoms with Crippen LogP contribution in [0.3, 0.4) is 0 Å². The zero-order valence-electron chi connectivity index (χ0n) is 41.1. The minimum absolute atomic E-state index is 0. The summed E-state index contributed by atoms with van der Waals surface area (Å²) >= 11 is 30.2. The zero-order valence-corrected chi connectivity index (χ0v) is 47.3. The van der Waals surface area contributed by atoms with Crippen molar-refractivity contribution in [2.45, 2.75) is 59.4 Å². The minimum Gasteiger partial charge on any atom is -0.495 e. The van der Waals surface area contributed by atoms with E-state index in [1.165, 1.54) is 45.6 Å². The first kappa shape index (κ1) is 65.3. The number of carbonyl (C=O) groups is 2. The molecule has 2 aromatic heterocycles. The van der Waals surface area contributed by atoms with Crippen LogP contribution in [0.2, 0.25) is 20.1 Å². The lowest BCUT2D eigenvalue weighted by atomic mass is 10.3. The summed E-state index contributed by atoms with van der Waals surface area (Å²) in [4.78, 5) is 75.1. The average Bonchev–Trinajstić information content (AvgIpc) is 4.53. The SMILES string of the molecule is COC(=O)C1(NCl)CC1.COC(=O)C1(NS(=O)(=O)c2cc(Oc3c(Cl)cc(-n4nc(C(F)F)c(=O)[nH]c4=O)cc3Cl)ccc2OC)CC1.COc1ccc(Oc2c(Cl)cc(-n3nc(C(F)F)c(=O)[nH]c3=O)cc2Cl)cc1S(=O)(=O)Cl.F. The molecule has 0 aliphatic heterocycles. The number of nitrogens with one attached hydrogen (secondary N) is 4. The van der Waals surface area contributed by atoms with Crippen LogP contribution in [-0.2, 0) is 38.1 Å². The van der Waals surface area contributed by atoms with Crippen molar-refractivity contribution >= 4 is 99.9 Å². The second-order valence-corrected chi connectivity index (χ2v) is 22.3. The van der Waals surface area contributed by atoms with Crippen molar-refractivity contribution in [3.8, 4) is 45.9 Å². The number of nitrogens with zero attached hydrogens (tertiary/aromatic N) is 4. The molecular weight excluding hydrogens is 1270 g/mol. The van der Waals surface area contributed by atoms with Crippen molar-refractivity contribution in [1.29, 1.82) is 0 Å². The summed E-state index contributed by atoms with van der Waals surface area (Å²) in [5.74, 6) is -1.49. The number of carbonyl (C=O) groups excluding carboxylic acids is 2. The molecule has 0 radical (unpaired) electrons. The number of hydrogen-bond acceptors (Lipinski definition) is 19. The van der Waals surface area contributed by atoms with Crippen molar-refractivity contribution in [2.24, 2.45) is 0 Å². The van der Waals surface area contributed by atoms with Crippen LogP contribution in [0.4, 0.5) is 22.3 Å². The quantitative estimate of drug-likeness (QED) is 0.0298. The highest BCUT2D eigenvalue weighted by atomic mass is 35.7. The summed E-state index contributed by atoms with van der Waals surface area (Å²) in [5, 5.41) is 5.94. The Morgan fingerprint density at radius 1 is 0.617 bits per heavy atom. The molecule has 2 aliphatic rings. The second-order valence-electron chi connectivity index (χ2n) is 16.3. The fourth-order valence-electron chi connectivity index (χ4n) is 6.71. The number of alkyl halides is 4. The maximum absolute atomic E-state index is 13.1. The number of halogens is 11. The Kier molecular flexibility index (Phi) is 21.1. The van der Waals surface area contributed by atoms with Gasteiger partial charge in [-0.3, -0.25) is 33.9 Å². The van der Waals surface area contributed by atoms with Crippen molar-refractivity contribution in [3.05, 3.63) is 134 Å². The van der Waals surface area contributed by atoms with Gasteiger partial charge in [0.1, 0.15) is 43.9 Å². The summed E-state index contributed by atoms with van der Waals surface area (Å²) in [6.45, 7) is 0. The lowest BCUT2D eigenvalue weighted by molar-refractivity contribution is -0.144. The number of benzene rings is 4. The van der Waals surface area contributed by atoms with Gasteiger partial charge in [0.15, 0.2) is 22.9 Å². The average molecular weight is 1310 g/mol. The first-order valence-electron chi connectivity index (χ1n) is 21.8. The highest BCUT2D eigenvalue weighted by molar-refractivity contribution is 8.13. The van der Waals surface area contributed by atoms with Crippen LogP contribution in [0, 0.1) is 0 Å². The molecule has 0 amide bonds. The van der Waals surface area contributed by atoms with Crippen LogP contribution in [0.15, 0.2) is 89.6 Å². The van der Waals surface area contributed by atoms with Gasteiger partial charge < -0.3 is 28.4 Å². The van der Waals surface area contributed by atoms with Gasteiger partial charge in [0, 0.05) is 22.8 Å². The third-order valence-electron chi connectivity index (χ3n) is 11.0. The van der Waals surface area contributed by atoms with Crippen LogP contribution in [-0.4, -0.2) is 97.8 Å². The third-order valence-corrected chi connectivity index (χ3v) is 15.4. The van der Waals surface area contributed by atoms with Crippen LogP contribution < -0.4 is 51.0 Å². The summed E-state index contributed by atoms with van der Waals surface area (Å²) in [5.41, 5.74) is -9.50. The van der Waals surface area contributed by atoms with Gasteiger partial charge in [0.05, 0.1) is 59.9 Å². The van der Waals surface area contributed by atoms with Gasteiger partial charge in [-0.05, 0) is 86.0 Å². The van der Waals surface area contributed by atoms with E-state index in [-0.39, 0.29) is 99.3 Å². The fraction of sp³-hybridized carbons (Fsp3) is 0.273. The number of sulfonamides is 1. The Bertz CT molecular complexity index is 3840. The molecule has 0 unspecified atom stereocenters. The predicted octanol–water partition coefficient (Wildman–Crippen LogP) is 7.43. The molecule has 2 fully saturated rings. The Balaban J connectivity index is 0.000000258. The molecule has 0 atom stereocenters. The van der Waals surface area contributed by atoms with Gasteiger partial charge >= 0.3 is 23.3 Å². The van der Waals surface area contributed by atoms with Crippen LogP contribution >= 0.6 is 68.9 Å².